The van der Waals surface area contributed by atoms with E-state index in [1.165, 1.54) is 6.21 Å². The van der Waals surface area contributed by atoms with Gasteiger partial charge in [-0.1, -0.05) is 0 Å². The Kier molecular flexibility index (Phi) is 3.76. The van der Waals surface area contributed by atoms with Gasteiger partial charge in [-0.15, -0.1) is 0 Å². The zero-order valence-electron chi connectivity index (χ0n) is 6.23. The molecule has 0 atom stereocenters. The maximum atomic E-state index is 6.82. The van der Waals surface area contributed by atoms with E-state index in [-0.39, 0.29) is 0 Å². The lowest BCUT2D eigenvalue weighted by Crippen LogP contribution is -2.15. The van der Waals surface area contributed by atoms with Crippen LogP contribution in [-0.2, 0) is 0 Å². The average molecular weight is 126 g/mol. The van der Waals surface area contributed by atoms with E-state index in [0.717, 1.165) is 5.57 Å². The third-order valence-corrected chi connectivity index (χ3v) is 0.872. The second kappa shape index (κ2) is 4.13. The largest absolute Gasteiger partial charge is 0.388 e. The van der Waals surface area contributed by atoms with Gasteiger partial charge in [-0.3, -0.25) is 0 Å². The number of rotatable bonds is 3. The van der Waals surface area contributed by atoms with E-state index in [1.807, 2.05) is 13.1 Å². The standard InChI is InChI=1S/C7H14N2/c1-6(2)9-5-7(3)4-8/h4-6,8-9H,1-3H3/b7-5-,8-4?. The van der Waals surface area contributed by atoms with Crippen molar-refractivity contribution in [2.45, 2.75) is 26.8 Å². The Bertz CT molecular complexity index is 114. The lowest BCUT2D eigenvalue weighted by molar-refractivity contribution is 0.700. The highest BCUT2D eigenvalue weighted by Gasteiger charge is 1.84. The summed E-state index contributed by atoms with van der Waals surface area (Å²) >= 11 is 0. The lowest BCUT2D eigenvalue weighted by Gasteiger charge is -2.02. The average Bonchev–Trinajstić information content (AvgIpc) is 1.83. The Balaban J connectivity index is 3.56. The van der Waals surface area contributed by atoms with Crippen LogP contribution in [0.4, 0.5) is 0 Å². The third-order valence-electron chi connectivity index (χ3n) is 0.872. The van der Waals surface area contributed by atoms with Gasteiger partial charge in [0, 0.05) is 18.5 Å². The molecule has 0 saturated heterocycles. The van der Waals surface area contributed by atoms with Crippen molar-refractivity contribution in [1.82, 2.24) is 5.32 Å². The molecule has 0 aliphatic carbocycles. The van der Waals surface area contributed by atoms with Gasteiger partial charge in [0.2, 0.25) is 0 Å². The molecule has 0 aromatic rings. The van der Waals surface area contributed by atoms with E-state index >= 15 is 0 Å². The first kappa shape index (κ1) is 8.21. The highest BCUT2D eigenvalue weighted by Crippen LogP contribution is 1.83. The van der Waals surface area contributed by atoms with Crippen LogP contribution in [0.15, 0.2) is 11.8 Å². The quantitative estimate of drug-likeness (QED) is 0.553. The Morgan fingerprint density at radius 3 is 2.44 bits per heavy atom. The predicted molar refractivity (Wildman–Crippen MR) is 40.8 cm³/mol. The van der Waals surface area contributed by atoms with Gasteiger partial charge in [0.05, 0.1) is 0 Å². The molecule has 2 nitrogen and oxygen atoms in total. The minimum atomic E-state index is 0.458. The molecule has 0 heterocycles. The fourth-order valence-corrected chi connectivity index (χ4v) is 0.340. The molecule has 2 N–H and O–H groups in total. The second-order valence-corrected chi connectivity index (χ2v) is 2.35. The van der Waals surface area contributed by atoms with Crippen molar-refractivity contribution in [2.75, 3.05) is 0 Å². The molecule has 0 aromatic carbocycles. The van der Waals surface area contributed by atoms with Crippen LogP contribution in [0.5, 0.6) is 0 Å². The molecule has 0 aliphatic heterocycles. The second-order valence-electron chi connectivity index (χ2n) is 2.35. The van der Waals surface area contributed by atoms with Gasteiger partial charge < -0.3 is 10.7 Å². The molecule has 2 heteroatoms. The SMILES string of the molecule is C/C(C=N)=C/NC(C)C. The summed E-state index contributed by atoms with van der Waals surface area (Å²) in [6.45, 7) is 6.02. The van der Waals surface area contributed by atoms with Crippen molar-refractivity contribution < 1.29 is 0 Å². The maximum Gasteiger partial charge on any atom is 0.0221 e. The van der Waals surface area contributed by atoms with Crippen LogP contribution in [-0.4, -0.2) is 12.3 Å². The Morgan fingerprint density at radius 1 is 1.56 bits per heavy atom. The smallest absolute Gasteiger partial charge is 0.0221 e. The topological polar surface area (TPSA) is 35.9 Å². The van der Waals surface area contributed by atoms with E-state index in [4.69, 9.17) is 5.41 Å². The molecular formula is C7H14N2. The molecule has 9 heavy (non-hydrogen) atoms. The van der Waals surface area contributed by atoms with Crippen LogP contribution in [0.3, 0.4) is 0 Å². The summed E-state index contributed by atoms with van der Waals surface area (Å²) in [5.74, 6) is 0. The lowest BCUT2D eigenvalue weighted by atomic mass is 10.3. The summed E-state index contributed by atoms with van der Waals surface area (Å²) in [7, 11) is 0. The molecule has 0 unspecified atom stereocenters. The van der Waals surface area contributed by atoms with E-state index in [2.05, 4.69) is 19.2 Å². The molecule has 0 saturated carbocycles. The highest BCUT2D eigenvalue weighted by molar-refractivity contribution is 5.74. The first-order chi connectivity index (χ1) is 4.16. The van der Waals surface area contributed by atoms with Crippen molar-refractivity contribution >= 4 is 6.21 Å². The summed E-state index contributed by atoms with van der Waals surface area (Å²) < 4.78 is 0. The van der Waals surface area contributed by atoms with Gasteiger partial charge in [-0.2, -0.15) is 0 Å². The van der Waals surface area contributed by atoms with Crippen LogP contribution in [0.25, 0.3) is 0 Å². The van der Waals surface area contributed by atoms with Crippen molar-refractivity contribution in [1.29, 1.82) is 5.41 Å². The zero-order valence-corrected chi connectivity index (χ0v) is 6.23. The molecule has 52 valence electrons. The normalized spacial score (nSPS) is 11.8. The number of hydrogen-bond donors (Lipinski definition) is 2. The number of hydrogen-bond acceptors (Lipinski definition) is 2. The first-order valence-electron chi connectivity index (χ1n) is 3.10. The summed E-state index contributed by atoms with van der Waals surface area (Å²) in [5, 5.41) is 9.90. The Morgan fingerprint density at radius 2 is 2.11 bits per heavy atom. The zero-order chi connectivity index (χ0) is 7.28. The van der Waals surface area contributed by atoms with Gasteiger partial charge in [-0.05, 0) is 26.3 Å². The first-order valence-corrected chi connectivity index (χ1v) is 3.10. The fourth-order valence-electron chi connectivity index (χ4n) is 0.340. The Labute approximate surface area is 56.5 Å². The van der Waals surface area contributed by atoms with Gasteiger partial charge in [0.1, 0.15) is 0 Å². The van der Waals surface area contributed by atoms with Crippen LogP contribution in [0.2, 0.25) is 0 Å². The highest BCUT2D eigenvalue weighted by atomic mass is 14.9. The van der Waals surface area contributed by atoms with Gasteiger partial charge in [0.15, 0.2) is 0 Å². The van der Waals surface area contributed by atoms with Gasteiger partial charge in [0.25, 0.3) is 0 Å². The molecule has 0 radical (unpaired) electrons. The van der Waals surface area contributed by atoms with Crippen LogP contribution >= 0.6 is 0 Å². The molecule has 0 rings (SSSR count). The third kappa shape index (κ3) is 5.07. The fraction of sp³-hybridized carbons (Fsp3) is 0.571. The molecule has 0 bridgehead atoms. The van der Waals surface area contributed by atoms with Crippen molar-refractivity contribution in [3.05, 3.63) is 11.8 Å². The van der Waals surface area contributed by atoms with E-state index in [1.54, 1.807) is 0 Å². The monoisotopic (exact) mass is 126 g/mol. The molecule has 0 amide bonds. The predicted octanol–water partition coefficient (Wildman–Crippen LogP) is 1.54. The maximum absolute atomic E-state index is 6.82. The summed E-state index contributed by atoms with van der Waals surface area (Å²) in [5.41, 5.74) is 0.948. The van der Waals surface area contributed by atoms with Gasteiger partial charge >= 0.3 is 0 Å². The summed E-state index contributed by atoms with van der Waals surface area (Å²) in [6.07, 6.45) is 3.17. The van der Waals surface area contributed by atoms with Crippen molar-refractivity contribution in [2.24, 2.45) is 0 Å². The summed E-state index contributed by atoms with van der Waals surface area (Å²) in [4.78, 5) is 0. The van der Waals surface area contributed by atoms with E-state index in [9.17, 15) is 0 Å². The Hall–Kier alpha value is -0.790. The van der Waals surface area contributed by atoms with Crippen LogP contribution < -0.4 is 5.32 Å². The van der Waals surface area contributed by atoms with Crippen molar-refractivity contribution in [3.63, 3.8) is 0 Å². The number of allylic oxidation sites excluding steroid dienone is 1. The van der Waals surface area contributed by atoms with Crippen molar-refractivity contribution in [3.8, 4) is 0 Å². The summed E-state index contributed by atoms with van der Waals surface area (Å²) in [6, 6.07) is 0.458. The van der Waals surface area contributed by atoms with E-state index in [0.29, 0.717) is 6.04 Å². The molecule has 0 aliphatic rings. The minimum Gasteiger partial charge on any atom is -0.388 e. The van der Waals surface area contributed by atoms with Gasteiger partial charge in [-0.25, -0.2) is 0 Å². The molecular weight excluding hydrogens is 112 g/mol. The minimum absolute atomic E-state index is 0.458. The molecule has 0 spiro atoms. The molecule has 0 fully saturated rings. The van der Waals surface area contributed by atoms with E-state index < -0.39 is 0 Å². The van der Waals surface area contributed by atoms with Crippen LogP contribution in [0, 0.1) is 5.41 Å². The van der Waals surface area contributed by atoms with Crippen LogP contribution in [0.1, 0.15) is 20.8 Å². The molecule has 0 aromatic heterocycles. The number of nitrogens with one attached hydrogen (secondary N) is 2.